The van der Waals surface area contributed by atoms with Gasteiger partial charge in [0, 0.05) is 19.0 Å². The van der Waals surface area contributed by atoms with Crippen LogP contribution in [0.5, 0.6) is 0 Å². The van der Waals surface area contributed by atoms with E-state index < -0.39 is 28.5 Å². The first-order chi connectivity index (χ1) is 21.6. The zero-order valence-corrected chi connectivity index (χ0v) is 27.3. The third-order valence-electron chi connectivity index (χ3n) is 8.00. The molecular formula is C37H43N3O4S. The van der Waals surface area contributed by atoms with Gasteiger partial charge in [-0.3, -0.25) is 13.9 Å². The first-order valence-electron chi connectivity index (χ1n) is 15.5. The molecule has 0 aliphatic rings. The standard InChI is InChI=1S/C37H43N3O4S/c1-5-29(4)38-37(42)35(25-30-15-9-7-10-16-30)39(26-31-23-21-28(3)22-24-31)36(41)27-40(34-20-14-13-17-32(34)6-2)45(43,44)33-18-11-8-12-19-33/h7-24,29,35H,5-6,25-27H2,1-4H3,(H,38,42)/t29-,35-/m0/s1. The molecule has 0 saturated heterocycles. The quantitative estimate of drug-likeness (QED) is 0.178. The summed E-state index contributed by atoms with van der Waals surface area (Å²) in [6, 6.07) is 31.8. The highest BCUT2D eigenvalue weighted by atomic mass is 32.2. The van der Waals surface area contributed by atoms with Gasteiger partial charge in [0.1, 0.15) is 12.6 Å². The number of para-hydroxylation sites is 1. The molecule has 8 heteroatoms. The lowest BCUT2D eigenvalue weighted by Crippen LogP contribution is -2.54. The molecule has 2 atom stereocenters. The van der Waals surface area contributed by atoms with Gasteiger partial charge in [-0.25, -0.2) is 8.42 Å². The molecule has 0 aliphatic carbocycles. The second-order valence-corrected chi connectivity index (χ2v) is 13.2. The van der Waals surface area contributed by atoms with Crippen molar-refractivity contribution < 1.29 is 18.0 Å². The van der Waals surface area contributed by atoms with Crippen LogP contribution in [0.1, 0.15) is 49.4 Å². The molecule has 0 aromatic heterocycles. The van der Waals surface area contributed by atoms with Gasteiger partial charge >= 0.3 is 0 Å². The third kappa shape index (κ3) is 8.60. The van der Waals surface area contributed by atoms with Gasteiger partial charge in [0.15, 0.2) is 0 Å². The summed E-state index contributed by atoms with van der Waals surface area (Å²) in [7, 11) is -4.14. The van der Waals surface area contributed by atoms with Crippen molar-refractivity contribution in [2.24, 2.45) is 0 Å². The molecule has 2 amide bonds. The van der Waals surface area contributed by atoms with Gasteiger partial charge in [0.05, 0.1) is 10.6 Å². The van der Waals surface area contributed by atoms with Gasteiger partial charge in [-0.2, -0.15) is 0 Å². The molecule has 0 aliphatic heterocycles. The van der Waals surface area contributed by atoms with Crippen molar-refractivity contribution in [3.05, 3.63) is 131 Å². The molecule has 0 unspecified atom stereocenters. The molecule has 1 N–H and O–H groups in total. The Hall–Kier alpha value is -4.43. The normalized spacial score (nSPS) is 12.6. The van der Waals surface area contributed by atoms with E-state index in [9.17, 15) is 18.0 Å². The summed E-state index contributed by atoms with van der Waals surface area (Å²) in [5.41, 5.74) is 4.05. The Labute approximate surface area is 268 Å². The van der Waals surface area contributed by atoms with Gasteiger partial charge in [-0.15, -0.1) is 0 Å². The average molecular weight is 626 g/mol. The number of benzene rings is 4. The largest absolute Gasteiger partial charge is 0.352 e. The summed E-state index contributed by atoms with van der Waals surface area (Å²) in [4.78, 5) is 30.2. The molecule has 4 aromatic rings. The summed E-state index contributed by atoms with van der Waals surface area (Å²) in [6.45, 7) is 7.53. The molecule has 4 aromatic carbocycles. The maximum Gasteiger partial charge on any atom is 0.264 e. The van der Waals surface area contributed by atoms with Crippen molar-refractivity contribution in [3.63, 3.8) is 0 Å². The smallest absolute Gasteiger partial charge is 0.264 e. The van der Waals surface area contributed by atoms with E-state index in [1.54, 1.807) is 30.3 Å². The van der Waals surface area contributed by atoms with E-state index in [-0.39, 0.29) is 29.8 Å². The zero-order chi connectivity index (χ0) is 32.4. The number of amides is 2. The third-order valence-corrected chi connectivity index (χ3v) is 9.77. The van der Waals surface area contributed by atoms with Crippen molar-refractivity contribution in [2.75, 3.05) is 10.8 Å². The fourth-order valence-electron chi connectivity index (χ4n) is 5.17. The van der Waals surface area contributed by atoms with Crippen molar-refractivity contribution >= 4 is 27.5 Å². The number of anilines is 1. The lowest BCUT2D eigenvalue weighted by Gasteiger charge is -2.34. The van der Waals surface area contributed by atoms with Crippen LogP contribution in [0.25, 0.3) is 0 Å². The highest BCUT2D eigenvalue weighted by Gasteiger charge is 2.35. The highest BCUT2D eigenvalue weighted by Crippen LogP contribution is 2.28. The molecule has 0 spiro atoms. The Morgan fingerprint density at radius 2 is 1.38 bits per heavy atom. The molecule has 0 heterocycles. The molecule has 45 heavy (non-hydrogen) atoms. The topological polar surface area (TPSA) is 86.8 Å². The first-order valence-corrected chi connectivity index (χ1v) is 16.9. The molecule has 0 bridgehead atoms. The van der Waals surface area contributed by atoms with Crippen LogP contribution < -0.4 is 9.62 Å². The van der Waals surface area contributed by atoms with Gasteiger partial charge in [0.25, 0.3) is 10.0 Å². The van der Waals surface area contributed by atoms with E-state index in [4.69, 9.17) is 0 Å². The summed E-state index contributed by atoms with van der Waals surface area (Å²) in [5.74, 6) is -0.749. The summed E-state index contributed by atoms with van der Waals surface area (Å²) >= 11 is 0. The molecule has 236 valence electrons. The second kappa shape index (κ2) is 15.5. The van der Waals surface area contributed by atoms with Crippen molar-refractivity contribution in [1.29, 1.82) is 0 Å². The van der Waals surface area contributed by atoms with Gasteiger partial charge < -0.3 is 10.2 Å². The molecular weight excluding hydrogens is 582 g/mol. The Bertz CT molecular complexity index is 1660. The van der Waals surface area contributed by atoms with Crippen LogP contribution in [0, 0.1) is 6.92 Å². The van der Waals surface area contributed by atoms with E-state index in [2.05, 4.69) is 5.32 Å². The van der Waals surface area contributed by atoms with Gasteiger partial charge in [-0.1, -0.05) is 110 Å². The number of nitrogens with one attached hydrogen (secondary N) is 1. The van der Waals surface area contributed by atoms with Crippen molar-refractivity contribution in [2.45, 2.75) is 70.5 Å². The maximum absolute atomic E-state index is 14.6. The van der Waals surface area contributed by atoms with E-state index >= 15 is 0 Å². The highest BCUT2D eigenvalue weighted by molar-refractivity contribution is 7.92. The van der Waals surface area contributed by atoms with Crippen LogP contribution in [0.3, 0.4) is 0 Å². The lowest BCUT2D eigenvalue weighted by molar-refractivity contribution is -0.140. The predicted octanol–water partition coefficient (Wildman–Crippen LogP) is 6.31. The second-order valence-electron chi connectivity index (χ2n) is 11.3. The Morgan fingerprint density at radius 3 is 2.00 bits per heavy atom. The van der Waals surface area contributed by atoms with E-state index in [1.165, 1.54) is 21.3 Å². The summed E-state index contributed by atoms with van der Waals surface area (Å²) < 4.78 is 29.6. The molecule has 0 radical (unpaired) electrons. The maximum atomic E-state index is 14.6. The SMILES string of the molecule is CCc1ccccc1N(CC(=O)N(Cc1ccc(C)cc1)[C@@H](Cc1ccccc1)C(=O)N[C@@H](C)CC)S(=O)(=O)c1ccccc1. The number of aryl methyl sites for hydroxylation is 2. The fourth-order valence-corrected chi connectivity index (χ4v) is 6.64. The minimum atomic E-state index is -4.14. The summed E-state index contributed by atoms with van der Waals surface area (Å²) in [6.07, 6.45) is 1.58. The zero-order valence-electron chi connectivity index (χ0n) is 26.5. The van der Waals surface area contributed by atoms with E-state index in [1.807, 2.05) is 94.4 Å². The van der Waals surface area contributed by atoms with Crippen LogP contribution in [-0.2, 0) is 39.0 Å². The fraction of sp³-hybridized carbons (Fsp3) is 0.297. The van der Waals surface area contributed by atoms with Crippen LogP contribution in [0.4, 0.5) is 5.69 Å². The number of carbonyl (C=O) groups excluding carboxylic acids is 2. The van der Waals surface area contributed by atoms with Crippen LogP contribution in [0.2, 0.25) is 0 Å². The van der Waals surface area contributed by atoms with E-state index in [0.29, 0.717) is 12.1 Å². The monoisotopic (exact) mass is 625 g/mol. The van der Waals surface area contributed by atoms with Crippen molar-refractivity contribution in [1.82, 2.24) is 10.2 Å². The Kier molecular flexibility index (Phi) is 11.5. The van der Waals surface area contributed by atoms with Crippen LogP contribution in [-0.4, -0.2) is 43.8 Å². The Balaban J connectivity index is 1.82. The van der Waals surface area contributed by atoms with Gasteiger partial charge in [0.2, 0.25) is 11.8 Å². The molecule has 0 fully saturated rings. The predicted molar refractivity (Wildman–Crippen MR) is 180 cm³/mol. The lowest BCUT2D eigenvalue weighted by atomic mass is 10.0. The number of hydrogen-bond donors (Lipinski definition) is 1. The molecule has 0 saturated carbocycles. The number of carbonyl (C=O) groups is 2. The number of rotatable bonds is 14. The van der Waals surface area contributed by atoms with Gasteiger partial charge in [-0.05, 0) is 61.6 Å². The minimum Gasteiger partial charge on any atom is -0.352 e. The average Bonchev–Trinajstić information content (AvgIpc) is 3.06. The minimum absolute atomic E-state index is 0.0872. The molecule has 7 nitrogen and oxygen atoms in total. The Morgan fingerprint density at radius 1 is 0.778 bits per heavy atom. The molecule has 4 rings (SSSR count). The number of nitrogens with zero attached hydrogens (tertiary/aromatic N) is 2. The summed E-state index contributed by atoms with van der Waals surface area (Å²) in [5, 5.41) is 3.07. The van der Waals surface area contributed by atoms with Crippen molar-refractivity contribution in [3.8, 4) is 0 Å². The van der Waals surface area contributed by atoms with Crippen LogP contribution in [0.15, 0.2) is 114 Å². The van der Waals surface area contributed by atoms with E-state index in [0.717, 1.165) is 28.7 Å². The number of sulfonamides is 1. The first kappa shape index (κ1) is 33.5. The van der Waals surface area contributed by atoms with Crippen LogP contribution >= 0.6 is 0 Å². The number of hydrogen-bond acceptors (Lipinski definition) is 4.